The number of hydrogen-bond acceptors (Lipinski definition) is 3. The van der Waals surface area contributed by atoms with E-state index in [1.165, 1.54) is 32.1 Å². The van der Waals surface area contributed by atoms with Gasteiger partial charge in [-0.25, -0.2) is 0 Å². The van der Waals surface area contributed by atoms with Crippen LogP contribution >= 0.6 is 0 Å². The first-order valence-electron chi connectivity index (χ1n) is 7.80. The quantitative estimate of drug-likeness (QED) is 0.871. The molecule has 0 saturated heterocycles. The smallest absolute Gasteiger partial charge is 0.0958 e. The van der Waals surface area contributed by atoms with Crippen LogP contribution < -0.4 is 0 Å². The van der Waals surface area contributed by atoms with Crippen LogP contribution in [0.1, 0.15) is 57.7 Å². The molecule has 4 nitrogen and oxygen atoms in total. The Balaban J connectivity index is 2.04. The van der Waals surface area contributed by atoms with Crippen LogP contribution in [0.2, 0.25) is 0 Å². The van der Waals surface area contributed by atoms with Gasteiger partial charge in [-0.05, 0) is 24.8 Å². The van der Waals surface area contributed by atoms with Crippen molar-refractivity contribution in [1.29, 1.82) is 0 Å². The van der Waals surface area contributed by atoms with Crippen LogP contribution in [0.25, 0.3) is 0 Å². The Bertz CT molecular complexity index is 410. The predicted octanol–water partition coefficient (Wildman–Crippen LogP) is 2.96. The van der Waals surface area contributed by atoms with Crippen molar-refractivity contribution in [2.75, 3.05) is 13.7 Å². The summed E-state index contributed by atoms with van der Waals surface area (Å²) in [6.45, 7) is 4.40. The highest BCUT2D eigenvalue weighted by Crippen LogP contribution is 2.28. The number of aromatic nitrogens is 2. The van der Waals surface area contributed by atoms with Crippen molar-refractivity contribution in [1.82, 2.24) is 9.78 Å². The van der Waals surface area contributed by atoms with E-state index >= 15 is 0 Å². The average Bonchev–Trinajstić information content (AvgIpc) is 2.88. The molecule has 1 aliphatic carbocycles. The molecule has 1 atom stereocenters. The highest BCUT2D eigenvalue weighted by molar-refractivity contribution is 5.05. The minimum absolute atomic E-state index is 0.141. The van der Waals surface area contributed by atoms with Crippen LogP contribution in [0.4, 0.5) is 0 Å². The van der Waals surface area contributed by atoms with E-state index in [0.29, 0.717) is 19.1 Å². The molecular weight excluding hydrogens is 252 g/mol. The van der Waals surface area contributed by atoms with E-state index in [4.69, 9.17) is 4.74 Å². The first-order valence-corrected chi connectivity index (χ1v) is 7.80. The van der Waals surface area contributed by atoms with E-state index in [-0.39, 0.29) is 5.92 Å². The fourth-order valence-corrected chi connectivity index (χ4v) is 3.01. The second-order valence-corrected chi connectivity index (χ2v) is 6.45. The van der Waals surface area contributed by atoms with Gasteiger partial charge in [-0.1, -0.05) is 33.1 Å². The Morgan fingerprint density at radius 2 is 2.10 bits per heavy atom. The highest BCUT2D eigenvalue weighted by Gasteiger charge is 2.32. The first-order chi connectivity index (χ1) is 9.55. The molecule has 0 amide bonds. The summed E-state index contributed by atoms with van der Waals surface area (Å²) in [5.74, 6) is 0.141. The molecular formula is C16H28N2O2. The van der Waals surface area contributed by atoms with E-state index in [1.54, 1.807) is 7.11 Å². The predicted molar refractivity (Wildman–Crippen MR) is 79.7 cm³/mol. The van der Waals surface area contributed by atoms with Crippen LogP contribution in [-0.4, -0.2) is 34.2 Å². The van der Waals surface area contributed by atoms with Gasteiger partial charge in [0.25, 0.3) is 0 Å². The maximum Gasteiger partial charge on any atom is 0.0958 e. The van der Waals surface area contributed by atoms with Crippen molar-refractivity contribution in [2.24, 2.45) is 5.92 Å². The van der Waals surface area contributed by atoms with Crippen molar-refractivity contribution in [3.05, 3.63) is 18.0 Å². The molecule has 1 fully saturated rings. The van der Waals surface area contributed by atoms with Gasteiger partial charge < -0.3 is 9.84 Å². The zero-order valence-electron chi connectivity index (χ0n) is 13.0. The lowest BCUT2D eigenvalue weighted by molar-refractivity contribution is -0.0644. The minimum Gasteiger partial charge on any atom is -0.387 e. The number of methoxy groups -OCH3 is 1. The maximum absolute atomic E-state index is 10.7. The lowest BCUT2D eigenvalue weighted by Gasteiger charge is -2.30. The SMILES string of the molecule is COCC(O)(Cc1ccn(C2CCCCC2)n1)C(C)C. The molecule has 0 radical (unpaired) electrons. The minimum atomic E-state index is -0.833. The molecule has 0 spiro atoms. The summed E-state index contributed by atoms with van der Waals surface area (Å²) in [6, 6.07) is 2.59. The summed E-state index contributed by atoms with van der Waals surface area (Å²) >= 11 is 0. The number of nitrogens with zero attached hydrogens (tertiary/aromatic N) is 2. The van der Waals surface area contributed by atoms with Gasteiger partial charge in [0.15, 0.2) is 0 Å². The zero-order valence-corrected chi connectivity index (χ0v) is 13.0. The normalized spacial score (nSPS) is 20.2. The zero-order chi connectivity index (χ0) is 14.6. The molecule has 114 valence electrons. The van der Waals surface area contributed by atoms with Gasteiger partial charge in [0.2, 0.25) is 0 Å². The third-order valence-corrected chi connectivity index (χ3v) is 4.57. The third kappa shape index (κ3) is 3.61. The number of aliphatic hydroxyl groups is 1. The van der Waals surface area contributed by atoms with Gasteiger partial charge in [-0.3, -0.25) is 4.68 Å². The number of ether oxygens (including phenoxy) is 1. The van der Waals surface area contributed by atoms with E-state index < -0.39 is 5.60 Å². The molecule has 2 rings (SSSR count). The first kappa shape index (κ1) is 15.5. The molecule has 1 heterocycles. The lowest BCUT2D eigenvalue weighted by atomic mass is 9.87. The van der Waals surface area contributed by atoms with Crippen molar-refractivity contribution in [3.8, 4) is 0 Å². The van der Waals surface area contributed by atoms with Crippen molar-refractivity contribution < 1.29 is 9.84 Å². The van der Waals surface area contributed by atoms with E-state index in [1.807, 2.05) is 19.9 Å². The molecule has 1 N–H and O–H groups in total. The van der Waals surface area contributed by atoms with Crippen LogP contribution in [0.3, 0.4) is 0 Å². The molecule has 1 aromatic rings. The Morgan fingerprint density at radius 3 is 2.70 bits per heavy atom. The van der Waals surface area contributed by atoms with E-state index in [2.05, 4.69) is 16.0 Å². The monoisotopic (exact) mass is 280 g/mol. The Morgan fingerprint density at radius 1 is 1.40 bits per heavy atom. The second kappa shape index (κ2) is 6.72. The van der Waals surface area contributed by atoms with Crippen LogP contribution in [-0.2, 0) is 11.2 Å². The molecule has 4 heteroatoms. The van der Waals surface area contributed by atoms with Gasteiger partial charge in [0, 0.05) is 19.7 Å². The van der Waals surface area contributed by atoms with Gasteiger partial charge >= 0.3 is 0 Å². The topological polar surface area (TPSA) is 47.3 Å². The molecule has 20 heavy (non-hydrogen) atoms. The molecule has 1 saturated carbocycles. The van der Waals surface area contributed by atoms with Crippen molar-refractivity contribution in [2.45, 2.75) is 64.0 Å². The standard InChI is InChI=1S/C16H28N2O2/c1-13(2)16(19,12-20-3)11-14-9-10-18(17-14)15-7-5-4-6-8-15/h9-10,13,15,19H,4-8,11-12H2,1-3H3. The fourth-order valence-electron chi connectivity index (χ4n) is 3.01. The summed E-state index contributed by atoms with van der Waals surface area (Å²) < 4.78 is 7.28. The van der Waals surface area contributed by atoms with Gasteiger partial charge in [-0.2, -0.15) is 5.10 Å². The summed E-state index contributed by atoms with van der Waals surface area (Å²) in [5.41, 5.74) is 0.129. The largest absolute Gasteiger partial charge is 0.387 e. The summed E-state index contributed by atoms with van der Waals surface area (Å²) in [6.07, 6.45) is 9.04. The maximum atomic E-state index is 10.7. The van der Waals surface area contributed by atoms with Crippen LogP contribution in [0, 0.1) is 5.92 Å². The Labute approximate surface area is 122 Å². The van der Waals surface area contributed by atoms with E-state index in [0.717, 1.165) is 5.69 Å². The fraction of sp³-hybridized carbons (Fsp3) is 0.812. The molecule has 1 aromatic heterocycles. The van der Waals surface area contributed by atoms with Crippen molar-refractivity contribution >= 4 is 0 Å². The van der Waals surface area contributed by atoms with Gasteiger partial charge in [0.05, 0.1) is 23.9 Å². The summed E-state index contributed by atoms with van der Waals surface area (Å²) in [5, 5.41) is 15.4. The third-order valence-electron chi connectivity index (χ3n) is 4.57. The second-order valence-electron chi connectivity index (χ2n) is 6.45. The Hall–Kier alpha value is -0.870. The number of hydrogen-bond donors (Lipinski definition) is 1. The average molecular weight is 280 g/mol. The molecule has 0 aromatic carbocycles. The molecule has 1 unspecified atom stereocenters. The Kier molecular flexibility index (Phi) is 5.22. The highest BCUT2D eigenvalue weighted by atomic mass is 16.5. The number of rotatable bonds is 6. The summed E-state index contributed by atoms with van der Waals surface area (Å²) in [4.78, 5) is 0. The molecule has 0 aliphatic heterocycles. The van der Waals surface area contributed by atoms with Gasteiger partial charge in [0.1, 0.15) is 0 Å². The van der Waals surface area contributed by atoms with Crippen LogP contribution in [0.5, 0.6) is 0 Å². The van der Waals surface area contributed by atoms with Crippen LogP contribution in [0.15, 0.2) is 12.3 Å². The van der Waals surface area contributed by atoms with Gasteiger partial charge in [-0.15, -0.1) is 0 Å². The molecule has 1 aliphatic rings. The molecule has 0 bridgehead atoms. The van der Waals surface area contributed by atoms with E-state index in [9.17, 15) is 5.11 Å². The summed E-state index contributed by atoms with van der Waals surface area (Å²) in [7, 11) is 1.63. The lowest BCUT2D eigenvalue weighted by Crippen LogP contribution is -2.42. The van der Waals surface area contributed by atoms with Crippen molar-refractivity contribution in [3.63, 3.8) is 0 Å².